The van der Waals surface area contributed by atoms with Crippen molar-refractivity contribution < 1.29 is 9.53 Å². The number of ether oxygens (including phenoxy) is 1. The molecule has 0 saturated heterocycles. The van der Waals surface area contributed by atoms with E-state index in [2.05, 4.69) is 0 Å². The SMILES string of the molecule is Cc1cccc(OCCCCC(C)(N)C(N)=O)c1. The minimum atomic E-state index is -0.913. The Morgan fingerprint density at radius 1 is 1.39 bits per heavy atom. The van der Waals surface area contributed by atoms with Crippen LogP contribution >= 0.6 is 0 Å². The fourth-order valence-corrected chi connectivity index (χ4v) is 1.61. The fourth-order valence-electron chi connectivity index (χ4n) is 1.61. The molecule has 4 heteroatoms. The van der Waals surface area contributed by atoms with E-state index in [4.69, 9.17) is 16.2 Å². The Bertz CT molecular complexity index is 403. The average molecular weight is 250 g/mol. The van der Waals surface area contributed by atoms with Gasteiger partial charge in [0.1, 0.15) is 5.75 Å². The van der Waals surface area contributed by atoms with Gasteiger partial charge in [0.05, 0.1) is 12.1 Å². The maximum absolute atomic E-state index is 11.0. The van der Waals surface area contributed by atoms with Crippen LogP contribution in [0, 0.1) is 6.92 Å². The second kappa shape index (κ2) is 6.40. The van der Waals surface area contributed by atoms with E-state index in [1.165, 1.54) is 5.56 Å². The molecule has 0 saturated carbocycles. The van der Waals surface area contributed by atoms with Gasteiger partial charge in [-0.15, -0.1) is 0 Å². The van der Waals surface area contributed by atoms with Gasteiger partial charge in [-0.1, -0.05) is 12.1 Å². The highest BCUT2D eigenvalue weighted by Crippen LogP contribution is 2.14. The van der Waals surface area contributed by atoms with Gasteiger partial charge >= 0.3 is 0 Å². The number of carbonyl (C=O) groups excluding carboxylic acids is 1. The number of primary amides is 1. The summed E-state index contributed by atoms with van der Waals surface area (Å²) in [6.07, 6.45) is 2.26. The molecule has 0 spiro atoms. The summed E-state index contributed by atoms with van der Waals surface area (Å²) in [5, 5.41) is 0. The summed E-state index contributed by atoms with van der Waals surface area (Å²) in [5.74, 6) is 0.419. The van der Waals surface area contributed by atoms with Crippen molar-refractivity contribution in [1.29, 1.82) is 0 Å². The van der Waals surface area contributed by atoms with Crippen molar-refractivity contribution in [1.82, 2.24) is 0 Å². The number of benzene rings is 1. The molecule has 0 aliphatic carbocycles. The van der Waals surface area contributed by atoms with E-state index in [1.54, 1.807) is 6.92 Å². The number of amides is 1. The minimum absolute atomic E-state index is 0.456. The summed E-state index contributed by atoms with van der Waals surface area (Å²) in [6, 6.07) is 7.92. The number of unbranched alkanes of at least 4 members (excludes halogenated alkanes) is 1. The lowest BCUT2D eigenvalue weighted by molar-refractivity contribution is -0.122. The van der Waals surface area contributed by atoms with Gasteiger partial charge in [-0.25, -0.2) is 0 Å². The van der Waals surface area contributed by atoms with Crippen LogP contribution in [0.1, 0.15) is 31.7 Å². The first-order valence-corrected chi connectivity index (χ1v) is 6.20. The minimum Gasteiger partial charge on any atom is -0.494 e. The predicted molar refractivity (Wildman–Crippen MR) is 72.3 cm³/mol. The average Bonchev–Trinajstić information content (AvgIpc) is 2.28. The molecule has 4 nitrogen and oxygen atoms in total. The van der Waals surface area contributed by atoms with E-state index < -0.39 is 11.4 Å². The number of hydrogen-bond acceptors (Lipinski definition) is 3. The number of rotatable bonds is 7. The molecular formula is C14H22N2O2. The number of nitrogens with two attached hydrogens (primary N) is 2. The van der Waals surface area contributed by atoms with E-state index in [1.807, 2.05) is 31.2 Å². The topological polar surface area (TPSA) is 78.3 Å². The van der Waals surface area contributed by atoms with Gasteiger partial charge in [0.2, 0.25) is 5.91 Å². The van der Waals surface area contributed by atoms with Crippen LogP contribution in [-0.4, -0.2) is 18.1 Å². The molecule has 4 N–H and O–H groups in total. The summed E-state index contributed by atoms with van der Waals surface area (Å²) in [7, 11) is 0. The standard InChI is InChI=1S/C14H22N2O2/c1-11-6-5-7-12(10-11)18-9-4-3-8-14(2,16)13(15)17/h5-7,10H,3-4,8-9,16H2,1-2H3,(H2,15,17). The normalized spacial score (nSPS) is 13.9. The van der Waals surface area contributed by atoms with Crippen molar-refractivity contribution in [2.75, 3.05) is 6.61 Å². The Balaban J connectivity index is 2.22. The van der Waals surface area contributed by atoms with Gasteiger partial charge in [-0.05, 0) is 50.8 Å². The molecule has 0 aromatic heterocycles. The van der Waals surface area contributed by atoms with Crippen LogP contribution < -0.4 is 16.2 Å². The van der Waals surface area contributed by atoms with E-state index >= 15 is 0 Å². The zero-order chi connectivity index (χ0) is 13.6. The predicted octanol–water partition coefficient (Wildman–Crippen LogP) is 1.75. The first kappa shape index (κ1) is 14.5. The summed E-state index contributed by atoms with van der Waals surface area (Å²) in [5.41, 5.74) is 11.2. The van der Waals surface area contributed by atoms with E-state index in [9.17, 15) is 4.79 Å². The smallest absolute Gasteiger partial charge is 0.237 e. The first-order valence-electron chi connectivity index (χ1n) is 6.20. The molecule has 0 aliphatic heterocycles. The van der Waals surface area contributed by atoms with Gasteiger partial charge in [-0.2, -0.15) is 0 Å². The molecule has 0 bridgehead atoms. The van der Waals surface area contributed by atoms with Crippen molar-refractivity contribution in [3.63, 3.8) is 0 Å². The van der Waals surface area contributed by atoms with Gasteiger partial charge in [-0.3, -0.25) is 4.79 Å². The lowest BCUT2D eigenvalue weighted by Gasteiger charge is -2.19. The quantitative estimate of drug-likeness (QED) is 0.724. The highest BCUT2D eigenvalue weighted by atomic mass is 16.5. The lowest BCUT2D eigenvalue weighted by atomic mass is 9.96. The lowest BCUT2D eigenvalue weighted by Crippen LogP contribution is -2.49. The van der Waals surface area contributed by atoms with Crippen LogP contribution in [0.2, 0.25) is 0 Å². The van der Waals surface area contributed by atoms with E-state index in [0.717, 1.165) is 18.6 Å². The molecule has 18 heavy (non-hydrogen) atoms. The molecule has 1 rings (SSSR count). The Kier molecular flexibility index (Phi) is 5.16. The second-order valence-corrected chi connectivity index (χ2v) is 4.90. The third-order valence-corrected chi connectivity index (χ3v) is 2.91. The second-order valence-electron chi connectivity index (χ2n) is 4.90. The Labute approximate surface area is 108 Å². The van der Waals surface area contributed by atoms with Crippen molar-refractivity contribution in [3.05, 3.63) is 29.8 Å². The highest BCUT2D eigenvalue weighted by Gasteiger charge is 2.24. The summed E-state index contributed by atoms with van der Waals surface area (Å²) >= 11 is 0. The molecule has 1 amide bonds. The number of hydrogen-bond donors (Lipinski definition) is 2. The Morgan fingerprint density at radius 2 is 2.11 bits per heavy atom. The van der Waals surface area contributed by atoms with E-state index in [0.29, 0.717) is 13.0 Å². The van der Waals surface area contributed by atoms with Crippen LogP contribution in [-0.2, 0) is 4.79 Å². The monoisotopic (exact) mass is 250 g/mol. The maximum atomic E-state index is 11.0. The van der Waals surface area contributed by atoms with Crippen LogP contribution in [0.3, 0.4) is 0 Å². The van der Waals surface area contributed by atoms with Crippen molar-refractivity contribution in [2.24, 2.45) is 11.5 Å². The third kappa shape index (κ3) is 4.75. The van der Waals surface area contributed by atoms with Crippen molar-refractivity contribution in [2.45, 2.75) is 38.6 Å². The maximum Gasteiger partial charge on any atom is 0.237 e. The molecule has 1 aromatic carbocycles. The molecule has 1 unspecified atom stereocenters. The zero-order valence-corrected chi connectivity index (χ0v) is 11.1. The molecule has 0 heterocycles. The summed E-state index contributed by atoms with van der Waals surface area (Å²) < 4.78 is 5.61. The fraction of sp³-hybridized carbons (Fsp3) is 0.500. The molecular weight excluding hydrogens is 228 g/mol. The van der Waals surface area contributed by atoms with Crippen LogP contribution in [0.25, 0.3) is 0 Å². The zero-order valence-electron chi connectivity index (χ0n) is 11.1. The van der Waals surface area contributed by atoms with Gasteiger partial charge in [0.25, 0.3) is 0 Å². The van der Waals surface area contributed by atoms with Gasteiger partial charge in [0.15, 0.2) is 0 Å². The molecule has 100 valence electrons. The van der Waals surface area contributed by atoms with Crippen LogP contribution in [0.4, 0.5) is 0 Å². The largest absolute Gasteiger partial charge is 0.494 e. The molecule has 1 atom stereocenters. The summed E-state index contributed by atoms with van der Waals surface area (Å²) in [4.78, 5) is 11.0. The first-order chi connectivity index (χ1) is 8.42. The van der Waals surface area contributed by atoms with Crippen LogP contribution in [0.5, 0.6) is 5.75 Å². The van der Waals surface area contributed by atoms with Gasteiger partial charge in [0, 0.05) is 0 Å². The Hall–Kier alpha value is -1.55. The number of carbonyl (C=O) groups is 1. The van der Waals surface area contributed by atoms with Gasteiger partial charge < -0.3 is 16.2 Å². The van der Waals surface area contributed by atoms with E-state index in [-0.39, 0.29) is 0 Å². The molecule has 1 aromatic rings. The van der Waals surface area contributed by atoms with Crippen LogP contribution in [0.15, 0.2) is 24.3 Å². The highest BCUT2D eigenvalue weighted by molar-refractivity contribution is 5.83. The molecule has 0 fully saturated rings. The third-order valence-electron chi connectivity index (χ3n) is 2.91. The summed E-state index contributed by atoms with van der Waals surface area (Å²) in [6.45, 7) is 4.31. The van der Waals surface area contributed by atoms with Crippen molar-refractivity contribution >= 4 is 5.91 Å². The van der Waals surface area contributed by atoms with Crippen molar-refractivity contribution in [3.8, 4) is 5.75 Å². The Morgan fingerprint density at radius 3 is 2.72 bits per heavy atom. The molecule has 0 radical (unpaired) electrons. The molecule has 0 aliphatic rings. The number of aryl methyl sites for hydroxylation is 1.